The van der Waals surface area contributed by atoms with Gasteiger partial charge in [0.1, 0.15) is 11.5 Å². The third-order valence-electron chi connectivity index (χ3n) is 4.87. The fraction of sp³-hybridized carbons (Fsp3) is 0.526. The third kappa shape index (κ3) is 4.81. The molecule has 1 aliphatic heterocycles. The van der Waals surface area contributed by atoms with Crippen LogP contribution in [0.2, 0.25) is 0 Å². The maximum absolute atomic E-state index is 12.0. The van der Waals surface area contributed by atoms with E-state index in [1.165, 1.54) is 0 Å². The van der Waals surface area contributed by atoms with Crippen LogP contribution in [-0.4, -0.2) is 48.3 Å². The third-order valence-corrected chi connectivity index (χ3v) is 6.51. The molecule has 146 valence electrons. The van der Waals surface area contributed by atoms with Crippen molar-refractivity contribution in [3.63, 3.8) is 0 Å². The Hall–Kier alpha value is -2.06. The second-order valence-electron chi connectivity index (χ2n) is 6.99. The molecule has 0 spiro atoms. The molecule has 0 atom stereocenters. The van der Waals surface area contributed by atoms with Crippen molar-refractivity contribution < 1.29 is 8.42 Å². The molecule has 1 aliphatic rings. The molecule has 1 saturated heterocycles. The van der Waals surface area contributed by atoms with E-state index < -0.39 is 10.0 Å². The van der Waals surface area contributed by atoms with E-state index in [2.05, 4.69) is 19.6 Å². The highest BCUT2D eigenvalue weighted by Crippen LogP contribution is 2.26. The van der Waals surface area contributed by atoms with Gasteiger partial charge in [-0.05, 0) is 45.2 Å². The maximum atomic E-state index is 12.0. The predicted octanol–water partition coefficient (Wildman–Crippen LogP) is 2.45. The summed E-state index contributed by atoms with van der Waals surface area (Å²) >= 11 is 0. The van der Waals surface area contributed by atoms with E-state index in [1.807, 2.05) is 39.0 Å². The van der Waals surface area contributed by atoms with Crippen LogP contribution in [0.25, 0.3) is 11.5 Å². The summed E-state index contributed by atoms with van der Waals surface area (Å²) in [6.07, 6.45) is 3.90. The number of hydrogen-bond acceptors (Lipinski definition) is 6. The van der Waals surface area contributed by atoms with E-state index in [9.17, 15) is 8.42 Å². The van der Waals surface area contributed by atoms with Crippen LogP contribution in [0.15, 0.2) is 24.4 Å². The molecule has 0 saturated carbocycles. The average molecular weight is 390 g/mol. The molecule has 0 amide bonds. The Balaban J connectivity index is 1.75. The minimum Gasteiger partial charge on any atom is -0.356 e. The molecule has 3 rings (SSSR count). The number of sulfonamides is 1. The maximum Gasteiger partial charge on any atom is 0.211 e. The van der Waals surface area contributed by atoms with E-state index in [1.54, 1.807) is 6.20 Å². The summed E-state index contributed by atoms with van der Waals surface area (Å²) in [7, 11) is -3.17. The standard InChI is InChI=1S/C19H27N5O2S/c1-4-13-27(25,26)23-16-8-11-24(12-9-16)19-14(2)15(3)21-18(22-19)17-7-5-6-10-20-17/h5-7,10,16,23H,4,8-9,11-13H2,1-3H3. The molecule has 27 heavy (non-hydrogen) atoms. The van der Waals surface area contributed by atoms with Crippen LogP contribution in [0.5, 0.6) is 0 Å². The van der Waals surface area contributed by atoms with Crippen molar-refractivity contribution in [1.82, 2.24) is 19.7 Å². The predicted molar refractivity (Wildman–Crippen MR) is 107 cm³/mol. The molecular formula is C19H27N5O2S. The number of aryl methyl sites for hydroxylation is 1. The van der Waals surface area contributed by atoms with Crippen molar-refractivity contribution in [1.29, 1.82) is 0 Å². The van der Waals surface area contributed by atoms with Gasteiger partial charge in [0.25, 0.3) is 0 Å². The van der Waals surface area contributed by atoms with E-state index in [0.29, 0.717) is 12.2 Å². The molecule has 2 aromatic heterocycles. The fourth-order valence-electron chi connectivity index (χ4n) is 3.32. The highest BCUT2D eigenvalue weighted by atomic mass is 32.2. The summed E-state index contributed by atoms with van der Waals surface area (Å²) in [6, 6.07) is 5.70. The number of hydrogen-bond donors (Lipinski definition) is 1. The van der Waals surface area contributed by atoms with Gasteiger partial charge in [-0.25, -0.2) is 23.1 Å². The Morgan fingerprint density at radius 3 is 2.56 bits per heavy atom. The number of pyridine rings is 1. The van der Waals surface area contributed by atoms with Crippen LogP contribution >= 0.6 is 0 Å². The van der Waals surface area contributed by atoms with Gasteiger partial charge in [-0.2, -0.15) is 0 Å². The van der Waals surface area contributed by atoms with E-state index >= 15 is 0 Å². The Morgan fingerprint density at radius 2 is 1.93 bits per heavy atom. The van der Waals surface area contributed by atoms with Crippen LogP contribution in [0.3, 0.4) is 0 Å². The number of piperidine rings is 1. The minimum atomic E-state index is -3.17. The Bertz CT molecular complexity index is 878. The summed E-state index contributed by atoms with van der Waals surface area (Å²) in [4.78, 5) is 15.9. The largest absolute Gasteiger partial charge is 0.356 e. The first-order chi connectivity index (χ1) is 12.9. The number of aromatic nitrogens is 3. The molecule has 8 heteroatoms. The van der Waals surface area contributed by atoms with Crippen LogP contribution < -0.4 is 9.62 Å². The Labute approximate surface area is 161 Å². The van der Waals surface area contributed by atoms with Crippen LogP contribution in [-0.2, 0) is 10.0 Å². The minimum absolute atomic E-state index is 0.00343. The summed E-state index contributed by atoms with van der Waals surface area (Å²) in [5, 5.41) is 0. The number of nitrogens with one attached hydrogen (secondary N) is 1. The van der Waals surface area contributed by atoms with E-state index in [4.69, 9.17) is 4.98 Å². The lowest BCUT2D eigenvalue weighted by atomic mass is 10.1. The molecule has 0 aromatic carbocycles. The molecule has 0 radical (unpaired) electrons. The first-order valence-corrected chi connectivity index (χ1v) is 11.1. The van der Waals surface area contributed by atoms with Gasteiger partial charge in [0, 0.05) is 36.6 Å². The lowest BCUT2D eigenvalue weighted by molar-refractivity contribution is 0.457. The molecule has 0 aliphatic carbocycles. The van der Waals surface area contributed by atoms with Crippen molar-refractivity contribution in [2.45, 2.75) is 46.1 Å². The lowest BCUT2D eigenvalue weighted by Gasteiger charge is -2.34. The smallest absolute Gasteiger partial charge is 0.211 e. The van der Waals surface area contributed by atoms with Gasteiger partial charge in [-0.1, -0.05) is 13.0 Å². The second-order valence-corrected chi connectivity index (χ2v) is 8.87. The van der Waals surface area contributed by atoms with Crippen molar-refractivity contribution in [3.8, 4) is 11.5 Å². The van der Waals surface area contributed by atoms with Gasteiger partial charge in [-0.3, -0.25) is 4.98 Å². The van der Waals surface area contributed by atoms with E-state index in [-0.39, 0.29) is 11.8 Å². The molecule has 1 N–H and O–H groups in total. The van der Waals surface area contributed by atoms with Gasteiger partial charge < -0.3 is 4.90 Å². The van der Waals surface area contributed by atoms with Gasteiger partial charge in [0.05, 0.1) is 5.75 Å². The summed E-state index contributed by atoms with van der Waals surface area (Å²) in [6.45, 7) is 7.42. The zero-order valence-electron chi connectivity index (χ0n) is 16.1. The van der Waals surface area contributed by atoms with E-state index in [0.717, 1.165) is 48.7 Å². The highest BCUT2D eigenvalue weighted by Gasteiger charge is 2.25. The molecule has 1 fully saturated rings. The summed E-state index contributed by atoms with van der Waals surface area (Å²) in [5.74, 6) is 1.72. The SMILES string of the molecule is CCCS(=O)(=O)NC1CCN(c2nc(-c3ccccn3)nc(C)c2C)CC1. The molecule has 2 aromatic rings. The molecular weight excluding hydrogens is 362 g/mol. The zero-order chi connectivity index (χ0) is 19.4. The average Bonchev–Trinajstić information content (AvgIpc) is 2.65. The molecule has 0 unspecified atom stereocenters. The normalized spacial score (nSPS) is 15.9. The zero-order valence-corrected chi connectivity index (χ0v) is 17.0. The molecule has 0 bridgehead atoms. The number of anilines is 1. The highest BCUT2D eigenvalue weighted by molar-refractivity contribution is 7.89. The van der Waals surface area contributed by atoms with Crippen LogP contribution in [0.4, 0.5) is 5.82 Å². The fourth-order valence-corrected chi connectivity index (χ4v) is 4.72. The Morgan fingerprint density at radius 1 is 1.19 bits per heavy atom. The Kier molecular flexibility index (Phi) is 6.06. The van der Waals surface area contributed by atoms with Gasteiger partial charge >= 0.3 is 0 Å². The first-order valence-electron chi connectivity index (χ1n) is 9.41. The van der Waals surface area contributed by atoms with Crippen molar-refractivity contribution in [2.24, 2.45) is 0 Å². The van der Waals surface area contributed by atoms with Crippen LogP contribution in [0, 0.1) is 13.8 Å². The number of rotatable bonds is 6. The van der Waals surface area contributed by atoms with Crippen molar-refractivity contribution in [2.75, 3.05) is 23.7 Å². The topological polar surface area (TPSA) is 88.1 Å². The van der Waals surface area contributed by atoms with Gasteiger partial charge in [-0.15, -0.1) is 0 Å². The molecule has 7 nitrogen and oxygen atoms in total. The molecule has 3 heterocycles. The first kappa shape index (κ1) is 19.7. The second kappa shape index (κ2) is 8.31. The van der Waals surface area contributed by atoms with Crippen molar-refractivity contribution in [3.05, 3.63) is 35.7 Å². The summed E-state index contributed by atoms with van der Waals surface area (Å²) in [5.41, 5.74) is 2.75. The van der Waals surface area contributed by atoms with Crippen molar-refractivity contribution >= 4 is 15.8 Å². The monoisotopic (exact) mass is 389 g/mol. The van der Waals surface area contributed by atoms with Gasteiger partial charge in [0.2, 0.25) is 10.0 Å². The quantitative estimate of drug-likeness (QED) is 0.816. The number of nitrogens with zero attached hydrogens (tertiary/aromatic N) is 4. The van der Waals surface area contributed by atoms with Crippen LogP contribution in [0.1, 0.15) is 37.4 Å². The lowest BCUT2D eigenvalue weighted by Crippen LogP contribution is -2.45. The van der Waals surface area contributed by atoms with Gasteiger partial charge in [0.15, 0.2) is 5.82 Å². The summed E-state index contributed by atoms with van der Waals surface area (Å²) < 4.78 is 26.8.